The number of para-hydroxylation sites is 1. The molecular weight excluding hydrogens is 248 g/mol. The number of aliphatic hydroxyl groups excluding tert-OH is 1. The summed E-state index contributed by atoms with van der Waals surface area (Å²) in [4.78, 5) is 0. The molecule has 3 rings (SSSR count). The molecule has 108 valence electrons. The van der Waals surface area contributed by atoms with E-state index in [1.807, 2.05) is 30.3 Å². The normalized spacial score (nSPS) is 25.2. The summed E-state index contributed by atoms with van der Waals surface area (Å²) in [5.41, 5.74) is 0.873. The summed E-state index contributed by atoms with van der Waals surface area (Å²) in [6, 6.07) is 9.96. The van der Waals surface area contributed by atoms with E-state index in [2.05, 4.69) is 13.8 Å². The van der Waals surface area contributed by atoms with Gasteiger partial charge in [0.25, 0.3) is 0 Å². The van der Waals surface area contributed by atoms with Crippen LogP contribution in [0.5, 0.6) is 0 Å². The third-order valence-electron chi connectivity index (χ3n) is 4.94. The quantitative estimate of drug-likeness (QED) is 0.859. The molecule has 1 unspecified atom stereocenters. The molecule has 2 aromatic rings. The highest BCUT2D eigenvalue weighted by atomic mass is 16.4. The van der Waals surface area contributed by atoms with Crippen molar-refractivity contribution in [1.82, 2.24) is 0 Å². The molecule has 0 spiro atoms. The molecule has 0 aliphatic heterocycles. The third kappa shape index (κ3) is 2.62. The SMILES string of the molecule is CC(C)C1CCC(C(O)c2cc3ccccc3o2)CC1. The van der Waals surface area contributed by atoms with E-state index in [4.69, 9.17) is 4.42 Å². The first-order valence-corrected chi connectivity index (χ1v) is 7.81. The first kappa shape index (κ1) is 13.7. The molecule has 20 heavy (non-hydrogen) atoms. The monoisotopic (exact) mass is 272 g/mol. The van der Waals surface area contributed by atoms with E-state index >= 15 is 0 Å². The van der Waals surface area contributed by atoms with E-state index < -0.39 is 6.10 Å². The van der Waals surface area contributed by atoms with E-state index in [9.17, 15) is 5.11 Å². The number of aliphatic hydroxyl groups is 1. The van der Waals surface area contributed by atoms with Crippen LogP contribution in [0.1, 0.15) is 51.4 Å². The first-order valence-electron chi connectivity index (χ1n) is 7.81. The van der Waals surface area contributed by atoms with E-state index in [0.29, 0.717) is 5.92 Å². The van der Waals surface area contributed by atoms with Crippen molar-refractivity contribution in [3.8, 4) is 0 Å². The van der Waals surface area contributed by atoms with Gasteiger partial charge in [0.2, 0.25) is 0 Å². The highest BCUT2D eigenvalue weighted by molar-refractivity contribution is 5.77. The Morgan fingerprint density at radius 1 is 1.05 bits per heavy atom. The lowest BCUT2D eigenvalue weighted by atomic mass is 9.75. The predicted octanol–water partition coefficient (Wildman–Crippen LogP) is 4.93. The lowest BCUT2D eigenvalue weighted by molar-refractivity contribution is 0.0515. The van der Waals surface area contributed by atoms with E-state index in [0.717, 1.165) is 41.4 Å². The summed E-state index contributed by atoms with van der Waals surface area (Å²) in [5.74, 6) is 2.68. The van der Waals surface area contributed by atoms with Gasteiger partial charge in [-0.3, -0.25) is 0 Å². The van der Waals surface area contributed by atoms with Crippen LogP contribution in [0.15, 0.2) is 34.7 Å². The smallest absolute Gasteiger partial charge is 0.134 e. The maximum atomic E-state index is 10.6. The molecule has 1 heterocycles. The summed E-state index contributed by atoms with van der Waals surface area (Å²) in [6.07, 6.45) is 4.25. The molecule has 2 nitrogen and oxygen atoms in total. The van der Waals surface area contributed by atoms with Gasteiger partial charge in [-0.1, -0.05) is 32.0 Å². The van der Waals surface area contributed by atoms with Crippen LogP contribution >= 0.6 is 0 Å². The van der Waals surface area contributed by atoms with Crippen LogP contribution in [-0.2, 0) is 0 Å². The Bertz CT molecular complexity index is 529. The van der Waals surface area contributed by atoms with Gasteiger partial charge < -0.3 is 9.52 Å². The summed E-state index contributed by atoms with van der Waals surface area (Å²) in [7, 11) is 0. The van der Waals surface area contributed by atoms with E-state index in [-0.39, 0.29) is 0 Å². The molecule has 1 saturated carbocycles. The summed E-state index contributed by atoms with van der Waals surface area (Å²) >= 11 is 0. The van der Waals surface area contributed by atoms with Crippen LogP contribution in [0, 0.1) is 17.8 Å². The van der Waals surface area contributed by atoms with Crippen molar-refractivity contribution in [3.63, 3.8) is 0 Å². The van der Waals surface area contributed by atoms with Crippen LogP contribution in [0.25, 0.3) is 11.0 Å². The molecule has 1 atom stereocenters. The van der Waals surface area contributed by atoms with Gasteiger partial charge in [-0.25, -0.2) is 0 Å². The Morgan fingerprint density at radius 3 is 2.35 bits per heavy atom. The molecule has 0 saturated heterocycles. The van der Waals surface area contributed by atoms with Gasteiger partial charge in [0.1, 0.15) is 17.4 Å². The van der Waals surface area contributed by atoms with Crippen molar-refractivity contribution in [2.75, 3.05) is 0 Å². The molecule has 1 aliphatic rings. The molecule has 1 aromatic heterocycles. The summed E-state index contributed by atoms with van der Waals surface area (Å²) < 4.78 is 5.81. The molecule has 1 fully saturated rings. The third-order valence-corrected chi connectivity index (χ3v) is 4.94. The first-order chi connectivity index (χ1) is 9.65. The van der Waals surface area contributed by atoms with Gasteiger partial charge in [-0.2, -0.15) is 0 Å². The Morgan fingerprint density at radius 2 is 1.70 bits per heavy atom. The van der Waals surface area contributed by atoms with E-state index in [1.54, 1.807) is 0 Å². The maximum Gasteiger partial charge on any atom is 0.134 e. The predicted molar refractivity (Wildman–Crippen MR) is 81.5 cm³/mol. The zero-order valence-electron chi connectivity index (χ0n) is 12.4. The average Bonchev–Trinajstić information content (AvgIpc) is 2.90. The van der Waals surface area contributed by atoms with Gasteiger partial charge >= 0.3 is 0 Å². The molecule has 0 bridgehead atoms. The summed E-state index contributed by atoms with van der Waals surface area (Å²) in [5, 5.41) is 11.7. The number of rotatable bonds is 3. The largest absolute Gasteiger partial charge is 0.458 e. The lowest BCUT2D eigenvalue weighted by Gasteiger charge is -2.32. The Hall–Kier alpha value is -1.28. The molecule has 0 radical (unpaired) electrons. The van der Waals surface area contributed by atoms with Gasteiger partial charge in [-0.15, -0.1) is 0 Å². The fourth-order valence-corrected chi connectivity index (χ4v) is 3.51. The van der Waals surface area contributed by atoms with Crippen LogP contribution in [0.4, 0.5) is 0 Å². The molecule has 0 amide bonds. The van der Waals surface area contributed by atoms with Crippen molar-refractivity contribution in [2.24, 2.45) is 17.8 Å². The van der Waals surface area contributed by atoms with Gasteiger partial charge in [-0.05, 0) is 55.6 Å². The lowest BCUT2D eigenvalue weighted by Crippen LogP contribution is -2.22. The van der Waals surface area contributed by atoms with Crippen LogP contribution in [0.3, 0.4) is 0 Å². The topological polar surface area (TPSA) is 33.4 Å². The Labute approximate surface area is 120 Å². The second kappa shape index (κ2) is 5.61. The van der Waals surface area contributed by atoms with Gasteiger partial charge in [0, 0.05) is 5.39 Å². The molecule has 1 aromatic carbocycles. The second-order valence-electron chi connectivity index (χ2n) is 6.55. The molecule has 1 aliphatic carbocycles. The van der Waals surface area contributed by atoms with Crippen molar-refractivity contribution in [2.45, 2.75) is 45.6 Å². The molecular formula is C18H24O2. The second-order valence-corrected chi connectivity index (χ2v) is 6.55. The van der Waals surface area contributed by atoms with Gasteiger partial charge in [0.05, 0.1) is 0 Å². The van der Waals surface area contributed by atoms with Crippen LogP contribution in [0.2, 0.25) is 0 Å². The van der Waals surface area contributed by atoms with Crippen molar-refractivity contribution >= 4 is 11.0 Å². The van der Waals surface area contributed by atoms with Crippen molar-refractivity contribution < 1.29 is 9.52 Å². The highest BCUT2D eigenvalue weighted by Gasteiger charge is 2.30. The zero-order valence-corrected chi connectivity index (χ0v) is 12.4. The minimum Gasteiger partial charge on any atom is -0.458 e. The highest BCUT2D eigenvalue weighted by Crippen LogP contribution is 2.40. The Balaban J connectivity index is 1.71. The van der Waals surface area contributed by atoms with Gasteiger partial charge in [0.15, 0.2) is 0 Å². The number of benzene rings is 1. The number of hydrogen-bond acceptors (Lipinski definition) is 2. The van der Waals surface area contributed by atoms with Crippen molar-refractivity contribution in [3.05, 3.63) is 36.1 Å². The van der Waals surface area contributed by atoms with Crippen LogP contribution < -0.4 is 0 Å². The maximum absolute atomic E-state index is 10.6. The fourth-order valence-electron chi connectivity index (χ4n) is 3.51. The minimum atomic E-state index is -0.449. The number of hydrogen-bond donors (Lipinski definition) is 1. The Kier molecular flexibility index (Phi) is 3.84. The molecule has 2 heteroatoms. The van der Waals surface area contributed by atoms with Crippen LogP contribution in [-0.4, -0.2) is 5.11 Å². The van der Waals surface area contributed by atoms with Crippen molar-refractivity contribution in [1.29, 1.82) is 0 Å². The summed E-state index contributed by atoms with van der Waals surface area (Å²) in [6.45, 7) is 4.61. The molecule has 1 N–H and O–H groups in total. The fraction of sp³-hybridized carbons (Fsp3) is 0.556. The standard InChI is InChI=1S/C18H24O2/c1-12(2)13-7-9-14(10-8-13)18(19)17-11-15-5-3-4-6-16(15)20-17/h3-6,11-14,18-19H,7-10H2,1-2H3. The average molecular weight is 272 g/mol. The number of fused-ring (bicyclic) bond motifs is 1. The number of furan rings is 1. The zero-order chi connectivity index (χ0) is 14.1. The minimum absolute atomic E-state index is 0.352. The van der Waals surface area contributed by atoms with E-state index in [1.165, 1.54) is 12.8 Å².